The highest BCUT2D eigenvalue weighted by molar-refractivity contribution is 6.58. The first kappa shape index (κ1) is 14.5. The molecule has 0 aliphatic rings. The number of benzene rings is 2. The lowest BCUT2D eigenvalue weighted by molar-refractivity contribution is 0.426. The van der Waals surface area contributed by atoms with Crippen LogP contribution in [0.4, 0.5) is 0 Å². The van der Waals surface area contributed by atoms with Crippen molar-refractivity contribution in [3.8, 4) is 17.1 Å². The molecule has 4 nitrogen and oxygen atoms in total. The molecular formula is C19H13BN2O2. The molecule has 0 saturated heterocycles. The minimum atomic E-state index is -1.55. The molecule has 0 aliphatic heterocycles. The number of nitrogens with zero attached hydrogens (tertiary/aromatic N) is 2. The summed E-state index contributed by atoms with van der Waals surface area (Å²) in [7, 11) is -1.55. The van der Waals surface area contributed by atoms with Gasteiger partial charge in [0.05, 0.1) is 16.6 Å². The summed E-state index contributed by atoms with van der Waals surface area (Å²) >= 11 is 0. The molecule has 5 heteroatoms. The zero-order valence-electron chi connectivity index (χ0n) is 12.7. The van der Waals surface area contributed by atoms with Gasteiger partial charge in [0.2, 0.25) is 0 Å². The number of hydrogen-bond acceptors (Lipinski definition) is 3. The van der Waals surface area contributed by atoms with Crippen LogP contribution in [0.3, 0.4) is 0 Å². The van der Waals surface area contributed by atoms with E-state index in [2.05, 4.69) is 12.1 Å². The smallest absolute Gasteiger partial charge is 0.423 e. The molecule has 114 valence electrons. The Labute approximate surface area is 139 Å². The third-order valence-corrected chi connectivity index (χ3v) is 3.87. The summed E-state index contributed by atoms with van der Waals surface area (Å²) in [5, 5.41) is 18.8. The summed E-state index contributed by atoms with van der Waals surface area (Å²) < 4.78 is 2.03. The molecule has 2 N–H and O–H groups in total. The van der Waals surface area contributed by atoms with Crippen molar-refractivity contribution < 1.29 is 10.0 Å². The number of para-hydroxylation sites is 3. The van der Waals surface area contributed by atoms with Gasteiger partial charge in [-0.2, -0.15) is 0 Å². The van der Waals surface area contributed by atoms with E-state index in [-0.39, 0.29) is 0 Å². The van der Waals surface area contributed by atoms with Crippen molar-refractivity contribution in [2.24, 2.45) is 0 Å². The van der Waals surface area contributed by atoms with E-state index in [1.807, 2.05) is 59.2 Å². The first-order valence-electron chi connectivity index (χ1n) is 7.57. The molecule has 0 aliphatic carbocycles. The summed E-state index contributed by atoms with van der Waals surface area (Å²) in [6.45, 7) is 0. The molecule has 0 bridgehead atoms. The Bertz CT molecular complexity index is 997. The predicted octanol–water partition coefficient (Wildman–Crippen LogP) is 1.97. The summed E-state index contributed by atoms with van der Waals surface area (Å²) in [4.78, 5) is 4.71. The fourth-order valence-corrected chi connectivity index (χ4v) is 2.76. The molecule has 4 rings (SSSR count). The van der Waals surface area contributed by atoms with Gasteiger partial charge in [0.1, 0.15) is 0 Å². The highest BCUT2D eigenvalue weighted by atomic mass is 16.4. The predicted molar refractivity (Wildman–Crippen MR) is 94.0 cm³/mol. The SMILES string of the molecule is OB(O)c1cc#cc(-c2nc3ccccc3n2-c2ccccc2)c1. The zero-order valence-corrected chi connectivity index (χ0v) is 12.7. The van der Waals surface area contributed by atoms with Gasteiger partial charge in [0.25, 0.3) is 0 Å². The van der Waals surface area contributed by atoms with Crippen LogP contribution in [0.15, 0.2) is 66.7 Å². The molecule has 0 spiro atoms. The van der Waals surface area contributed by atoms with E-state index in [0.717, 1.165) is 16.7 Å². The largest absolute Gasteiger partial charge is 0.489 e. The van der Waals surface area contributed by atoms with E-state index in [0.29, 0.717) is 16.9 Å². The molecule has 24 heavy (non-hydrogen) atoms. The molecular weight excluding hydrogens is 299 g/mol. The van der Waals surface area contributed by atoms with Crippen LogP contribution < -0.4 is 5.46 Å². The average Bonchev–Trinajstić information content (AvgIpc) is 3.02. The molecule has 0 radical (unpaired) electrons. The van der Waals surface area contributed by atoms with Crippen LogP contribution in [0.1, 0.15) is 0 Å². The molecule has 4 aromatic rings. The van der Waals surface area contributed by atoms with Crippen LogP contribution >= 0.6 is 0 Å². The van der Waals surface area contributed by atoms with E-state index < -0.39 is 7.12 Å². The highest BCUT2D eigenvalue weighted by Gasteiger charge is 2.16. The van der Waals surface area contributed by atoms with Crippen molar-refractivity contribution in [2.75, 3.05) is 0 Å². The Hall–Kier alpha value is -3.07. The van der Waals surface area contributed by atoms with E-state index in [1.54, 1.807) is 6.07 Å². The zero-order chi connectivity index (χ0) is 16.5. The first-order chi connectivity index (χ1) is 11.7. The average molecular weight is 312 g/mol. The topological polar surface area (TPSA) is 58.3 Å². The maximum atomic E-state index is 9.42. The molecule has 1 aromatic heterocycles. The summed E-state index contributed by atoms with van der Waals surface area (Å²) in [6.07, 6.45) is 0. The molecule has 3 aromatic carbocycles. The fourth-order valence-electron chi connectivity index (χ4n) is 2.76. The molecule has 0 fully saturated rings. The third-order valence-electron chi connectivity index (χ3n) is 3.87. The van der Waals surface area contributed by atoms with Gasteiger partial charge in [-0.25, -0.2) is 4.98 Å². The van der Waals surface area contributed by atoms with Gasteiger partial charge in [-0.3, -0.25) is 4.57 Å². The van der Waals surface area contributed by atoms with E-state index in [4.69, 9.17) is 4.98 Å². The molecule has 0 atom stereocenters. The second-order valence-electron chi connectivity index (χ2n) is 5.44. The van der Waals surface area contributed by atoms with Crippen molar-refractivity contribution >= 4 is 23.6 Å². The number of rotatable bonds is 3. The Kier molecular flexibility index (Phi) is 3.54. The first-order valence-corrected chi connectivity index (χ1v) is 7.57. The monoisotopic (exact) mass is 312 g/mol. The van der Waals surface area contributed by atoms with Crippen molar-refractivity contribution in [3.63, 3.8) is 0 Å². The molecule has 0 amide bonds. The maximum absolute atomic E-state index is 9.42. The number of aromatic nitrogens is 2. The second-order valence-corrected chi connectivity index (χ2v) is 5.44. The van der Waals surface area contributed by atoms with Crippen LogP contribution in [0.2, 0.25) is 0 Å². The molecule has 0 saturated carbocycles. The van der Waals surface area contributed by atoms with Crippen LogP contribution in [-0.2, 0) is 0 Å². The van der Waals surface area contributed by atoms with Gasteiger partial charge in [0.15, 0.2) is 5.82 Å². The minimum absolute atomic E-state index is 0.357. The van der Waals surface area contributed by atoms with Gasteiger partial charge in [-0.1, -0.05) is 42.5 Å². The van der Waals surface area contributed by atoms with Gasteiger partial charge in [0, 0.05) is 5.69 Å². The van der Waals surface area contributed by atoms with Crippen LogP contribution in [0, 0.1) is 12.1 Å². The van der Waals surface area contributed by atoms with Crippen molar-refractivity contribution in [2.45, 2.75) is 0 Å². The van der Waals surface area contributed by atoms with Gasteiger partial charge in [-0.05, 0) is 41.9 Å². The standard InChI is InChI=1S/C19H13BN2O2/c23-20(24)15-8-6-7-14(13-15)19-21-17-11-4-5-12-18(17)22(19)16-9-2-1-3-10-16/h1-5,8-13,23-24H. The van der Waals surface area contributed by atoms with E-state index in [9.17, 15) is 10.0 Å². The fraction of sp³-hybridized carbons (Fsp3) is 0. The quantitative estimate of drug-likeness (QED) is 0.569. The summed E-state index contributed by atoms with van der Waals surface area (Å²) in [5.41, 5.74) is 3.82. The lowest BCUT2D eigenvalue weighted by Crippen LogP contribution is -2.29. The van der Waals surface area contributed by atoms with Crippen molar-refractivity contribution in [1.82, 2.24) is 9.55 Å². The third kappa shape index (κ3) is 2.44. The number of imidazole rings is 1. The normalized spacial score (nSPS) is 10.6. The van der Waals surface area contributed by atoms with Crippen molar-refractivity contribution in [3.05, 3.63) is 78.9 Å². The lowest BCUT2D eigenvalue weighted by Gasteiger charge is -2.09. The van der Waals surface area contributed by atoms with Crippen LogP contribution in [0.5, 0.6) is 0 Å². The molecule has 0 unspecified atom stereocenters. The summed E-state index contributed by atoms with van der Waals surface area (Å²) in [6, 6.07) is 26.8. The minimum Gasteiger partial charge on any atom is -0.423 e. The number of fused-ring (bicyclic) bond motifs is 1. The second kappa shape index (κ2) is 5.86. The molecule has 1 heterocycles. The lowest BCUT2D eigenvalue weighted by atomic mass is 9.80. The maximum Gasteiger partial charge on any atom is 0.489 e. The Morgan fingerprint density at radius 1 is 0.958 bits per heavy atom. The van der Waals surface area contributed by atoms with E-state index in [1.165, 1.54) is 6.07 Å². The van der Waals surface area contributed by atoms with Crippen LogP contribution in [0.25, 0.3) is 28.1 Å². The van der Waals surface area contributed by atoms with Gasteiger partial charge in [-0.15, -0.1) is 0 Å². The summed E-state index contributed by atoms with van der Waals surface area (Å²) in [5.74, 6) is 0.682. The van der Waals surface area contributed by atoms with Crippen molar-refractivity contribution in [1.29, 1.82) is 0 Å². The highest BCUT2D eigenvalue weighted by Crippen LogP contribution is 2.27. The van der Waals surface area contributed by atoms with Gasteiger partial charge >= 0.3 is 7.12 Å². The Morgan fingerprint density at radius 2 is 1.71 bits per heavy atom. The van der Waals surface area contributed by atoms with Crippen LogP contribution in [-0.4, -0.2) is 26.7 Å². The Balaban J connectivity index is 2.00. The van der Waals surface area contributed by atoms with Gasteiger partial charge < -0.3 is 10.0 Å². The number of hydrogen-bond donors (Lipinski definition) is 2. The van der Waals surface area contributed by atoms with E-state index >= 15 is 0 Å². The Morgan fingerprint density at radius 3 is 2.50 bits per heavy atom.